The van der Waals surface area contributed by atoms with Gasteiger partial charge in [-0.1, -0.05) is 12.1 Å². The topological polar surface area (TPSA) is 57.7 Å². The molecular formula is C21H26N4O2. The third-order valence-electron chi connectivity index (χ3n) is 5.66. The van der Waals surface area contributed by atoms with Gasteiger partial charge in [0, 0.05) is 25.3 Å². The quantitative estimate of drug-likeness (QED) is 0.897. The van der Waals surface area contributed by atoms with Crippen LogP contribution in [-0.4, -0.2) is 54.0 Å². The van der Waals surface area contributed by atoms with Crippen LogP contribution in [-0.2, 0) is 0 Å². The van der Waals surface area contributed by atoms with Crippen molar-refractivity contribution >= 4 is 11.7 Å². The predicted molar refractivity (Wildman–Crippen MR) is 105 cm³/mol. The number of nitrogens with zero attached hydrogens (tertiary/aromatic N) is 3. The monoisotopic (exact) mass is 366 g/mol. The van der Waals surface area contributed by atoms with E-state index in [0.29, 0.717) is 35.1 Å². The number of aromatic nitrogens is 1. The molecule has 2 aromatic rings. The number of amides is 2. The van der Waals surface area contributed by atoms with E-state index in [-0.39, 0.29) is 6.03 Å². The van der Waals surface area contributed by atoms with E-state index < -0.39 is 0 Å². The van der Waals surface area contributed by atoms with E-state index in [9.17, 15) is 4.79 Å². The van der Waals surface area contributed by atoms with Crippen LogP contribution in [0, 0.1) is 11.8 Å². The number of hydrogen-bond acceptors (Lipinski definition) is 4. The number of urea groups is 1. The molecule has 1 N–H and O–H groups in total. The van der Waals surface area contributed by atoms with Crippen molar-refractivity contribution in [3.05, 3.63) is 48.8 Å². The Morgan fingerprint density at radius 1 is 1.15 bits per heavy atom. The molecule has 142 valence electrons. The Morgan fingerprint density at radius 3 is 2.56 bits per heavy atom. The van der Waals surface area contributed by atoms with Gasteiger partial charge >= 0.3 is 6.03 Å². The maximum absolute atomic E-state index is 12.9. The van der Waals surface area contributed by atoms with Crippen LogP contribution >= 0.6 is 0 Å². The number of para-hydroxylation sites is 2. The second-order valence-corrected chi connectivity index (χ2v) is 7.67. The lowest BCUT2D eigenvalue weighted by Gasteiger charge is -2.41. The molecule has 6 heteroatoms. The first-order valence-electron chi connectivity index (χ1n) is 9.51. The average molecular weight is 366 g/mol. The fraction of sp³-hybridized carbons (Fsp3) is 0.429. The Balaban J connectivity index is 1.45. The zero-order valence-electron chi connectivity index (χ0n) is 15.8. The van der Waals surface area contributed by atoms with Crippen LogP contribution in [0.4, 0.5) is 10.5 Å². The van der Waals surface area contributed by atoms with Crippen LogP contribution in [0.3, 0.4) is 0 Å². The van der Waals surface area contributed by atoms with E-state index in [0.717, 1.165) is 13.1 Å². The van der Waals surface area contributed by atoms with Crippen molar-refractivity contribution in [2.75, 3.05) is 32.5 Å². The molecule has 2 bridgehead atoms. The number of piperidine rings is 1. The Morgan fingerprint density at radius 2 is 1.89 bits per heavy atom. The summed E-state index contributed by atoms with van der Waals surface area (Å²) < 4.78 is 5.90. The zero-order chi connectivity index (χ0) is 18.8. The van der Waals surface area contributed by atoms with Crippen molar-refractivity contribution in [3.63, 3.8) is 0 Å². The first-order chi connectivity index (χ1) is 13.1. The van der Waals surface area contributed by atoms with Crippen molar-refractivity contribution in [2.24, 2.45) is 11.8 Å². The van der Waals surface area contributed by atoms with Crippen molar-refractivity contribution in [1.29, 1.82) is 0 Å². The lowest BCUT2D eigenvalue weighted by atomic mass is 9.91. The summed E-state index contributed by atoms with van der Waals surface area (Å²) in [5.41, 5.74) is 0.674. The molecule has 0 spiro atoms. The van der Waals surface area contributed by atoms with Gasteiger partial charge in [0.15, 0.2) is 5.75 Å². The van der Waals surface area contributed by atoms with Gasteiger partial charge < -0.3 is 19.9 Å². The molecule has 1 aliphatic carbocycles. The Kier molecular flexibility index (Phi) is 4.99. The second-order valence-electron chi connectivity index (χ2n) is 7.67. The van der Waals surface area contributed by atoms with Gasteiger partial charge in [-0.25, -0.2) is 4.79 Å². The number of likely N-dealkylation sites (tertiary alicyclic amines) is 1. The highest BCUT2D eigenvalue weighted by Crippen LogP contribution is 2.39. The molecule has 1 aromatic carbocycles. The average Bonchev–Trinajstić information content (AvgIpc) is 2.94. The molecule has 2 amide bonds. The number of nitrogens with one attached hydrogen (secondary N) is 1. The molecule has 3 atom stereocenters. The molecule has 2 fully saturated rings. The van der Waals surface area contributed by atoms with Gasteiger partial charge in [-0.05, 0) is 63.0 Å². The summed E-state index contributed by atoms with van der Waals surface area (Å²) in [5, 5.41) is 3.04. The highest BCUT2D eigenvalue weighted by molar-refractivity contribution is 5.91. The minimum absolute atomic E-state index is 0.0497. The summed E-state index contributed by atoms with van der Waals surface area (Å²) in [4.78, 5) is 21.3. The summed E-state index contributed by atoms with van der Waals surface area (Å²) in [5.74, 6) is 2.38. The first kappa shape index (κ1) is 17.8. The third kappa shape index (κ3) is 3.76. The number of benzene rings is 1. The van der Waals surface area contributed by atoms with Gasteiger partial charge in [0.25, 0.3) is 0 Å². The Bertz CT molecular complexity index is 782. The molecule has 6 nitrogen and oxygen atoms in total. The molecule has 1 aliphatic heterocycles. The van der Waals surface area contributed by atoms with Crippen molar-refractivity contribution in [3.8, 4) is 11.5 Å². The van der Waals surface area contributed by atoms with Crippen LogP contribution in [0.25, 0.3) is 0 Å². The highest BCUT2D eigenvalue weighted by atomic mass is 16.5. The van der Waals surface area contributed by atoms with Crippen LogP contribution < -0.4 is 10.1 Å². The lowest BCUT2D eigenvalue weighted by Crippen LogP contribution is -2.53. The van der Waals surface area contributed by atoms with Crippen molar-refractivity contribution in [1.82, 2.24) is 14.8 Å². The summed E-state index contributed by atoms with van der Waals surface area (Å²) >= 11 is 0. The minimum atomic E-state index is -0.0497. The Hall–Kier alpha value is -2.60. The summed E-state index contributed by atoms with van der Waals surface area (Å²) in [6, 6.07) is 11.7. The number of carbonyl (C=O) groups is 1. The number of hydrogen-bond donors (Lipinski definition) is 1. The van der Waals surface area contributed by atoms with Crippen molar-refractivity contribution in [2.45, 2.75) is 18.9 Å². The van der Waals surface area contributed by atoms with E-state index >= 15 is 0 Å². The van der Waals surface area contributed by atoms with Gasteiger partial charge in [-0.15, -0.1) is 0 Å². The van der Waals surface area contributed by atoms with E-state index in [4.69, 9.17) is 4.74 Å². The number of pyridine rings is 1. The van der Waals surface area contributed by atoms with Crippen LogP contribution in [0.2, 0.25) is 0 Å². The van der Waals surface area contributed by atoms with Gasteiger partial charge in [-0.3, -0.25) is 4.98 Å². The number of rotatable bonds is 4. The number of anilines is 1. The number of fused-ring (bicyclic) bond motifs is 2. The first-order valence-corrected chi connectivity index (χ1v) is 9.51. The van der Waals surface area contributed by atoms with Gasteiger partial charge in [0.2, 0.25) is 0 Å². The van der Waals surface area contributed by atoms with Crippen molar-refractivity contribution < 1.29 is 9.53 Å². The fourth-order valence-corrected chi connectivity index (χ4v) is 4.59. The smallest absolute Gasteiger partial charge is 0.321 e. The second kappa shape index (κ2) is 7.56. The molecule has 1 saturated heterocycles. The van der Waals surface area contributed by atoms with E-state index in [1.807, 2.05) is 41.3 Å². The maximum Gasteiger partial charge on any atom is 0.321 e. The Labute approximate surface area is 160 Å². The normalized spacial score (nSPS) is 24.1. The molecule has 1 saturated carbocycles. The highest BCUT2D eigenvalue weighted by Gasteiger charge is 2.44. The molecule has 0 radical (unpaired) electrons. The lowest BCUT2D eigenvalue weighted by molar-refractivity contribution is 0.0953. The summed E-state index contributed by atoms with van der Waals surface area (Å²) in [6.45, 7) is 1.63. The standard InChI is InChI=1S/C21H26N4O2/c1-24(2)20-15-9-10-16(20)14-25(13-15)21(26)23-18-7-3-4-8-19(18)27-17-6-5-11-22-12-17/h3-8,11-12,15-16,20H,9-10,13-14H2,1-2H3,(H,23,26)/t15-,16+,20?. The molecule has 4 rings (SSSR count). The largest absolute Gasteiger partial charge is 0.454 e. The van der Waals surface area contributed by atoms with Crippen LogP contribution in [0.5, 0.6) is 11.5 Å². The van der Waals surface area contributed by atoms with Gasteiger partial charge in [0.05, 0.1) is 11.9 Å². The SMILES string of the molecule is CN(C)C1[C@@H]2CC[C@H]1CN(C(=O)Nc1ccccc1Oc1cccnc1)C2. The molecule has 2 heterocycles. The van der Waals surface area contributed by atoms with E-state index in [1.165, 1.54) is 12.8 Å². The summed E-state index contributed by atoms with van der Waals surface area (Å²) in [6.07, 6.45) is 5.77. The van der Waals surface area contributed by atoms with Gasteiger partial charge in [0.1, 0.15) is 5.75 Å². The predicted octanol–water partition coefficient (Wildman–Crippen LogP) is 3.68. The minimum Gasteiger partial charge on any atom is -0.454 e. The molecule has 2 aliphatic rings. The zero-order valence-corrected chi connectivity index (χ0v) is 15.8. The molecule has 1 unspecified atom stereocenters. The number of ether oxygens (including phenoxy) is 1. The number of carbonyl (C=O) groups excluding carboxylic acids is 1. The summed E-state index contributed by atoms with van der Waals surface area (Å²) in [7, 11) is 4.30. The van der Waals surface area contributed by atoms with E-state index in [2.05, 4.69) is 29.3 Å². The molecular weight excluding hydrogens is 340 g/mol. The molecule has 27 heavy (non-hydrogen) atoms. The van der Waals surface area contributed by atoms with Crippen LogP contribution in [0.1, 0.15) is 12.8 Å². The van der Waals surface area contributed by atoms with Crippen LogP contribution in [0.15, 0.2) is 48.8 Å². The van der Waals surface area contributed by atoms with E-state index in [1.54, 1.807) is 12.4 Å². The molecule has 1 aromatic heterocycles. The van der Waals surface area contributed by atoms with Gasteiger partial charge in [-0.2, -0.15) is 0 Å². The third-order valence-corrected chi connectivity index (χ3v) is 5.66. The fourth-order valence-electron chi connectivity index (χ4n) is 4.59. The maximum atomic E-state index is 12.9.